The molecule has 84 valence electrons. The minimum Gasteiger partial charge on any atom is -0.469 e. The molecular formula is C13H9ClN2O. The number of hydrogen-bond donors (Lipinski definition) is 0. The summed E-state index contributed by atoms with van der Waals surface area (Å²) in [5.74, 6) is 1.03. The van der Waals surface area contributed by atoms with Gasteiger partial charge in [-0.3, -0.25) is 0 Å². The maximum atomic E-state index is 6.03. The summed E-state index contributed by atoms with van der Waals surface area (Å²) in [5.41, 5.74) is 4.30. The van der Waals surface area contributed by atoms with Crippen molar-refractivity contribution >= 4 is 17.2 Å². The highest BCUT2D eigenvalue weighted by Crippen LogP contribution is 2.34. The van der Waals surface area contributed by atoms with Crippen LogP contribution in [0.3, 0.4) is 0 Å². The molecular weight excluding hydrogens is 236 g/mol. The van der Waals surface area contributed by atoms with Gasteiger partial charge in [0, 0.05) is 18.2 Å². The normalized spacial score (nSPS) is 13.7. The van der Waals surface area contributed by atoms with Crippen LogP contribution in [0.4, 0.5) is 0 Å². The Morgan fingerprint density at radius 3 is 3.12 bits per heavy atom. The molecule has 0 unspecified atom stereocenters. The molecule has 0 atom stereocenters. The van der Waals surface area contributed by atoms with E-state index in [-0.39, 0.29) is 0 Å². The predicted molar refractivity (Wildman–Crippen MR) is 65.3 cm³/mol. The Morgan fingerprint density at radius 1 is 1.24 bits per heavy atom. The topological polar surface area (TPSA) is 30.4 Å². The van der Waals surface area contributed by atoms with Crippen LogP contribution in [-0.2, 0) is 12.8 Å². The van der Waals surface area contributed by atoms with E-state index in [0.717, 1.165) is 40.5 Å². The molecule has 0 N–H and O–H groups in total. The van der Waals surface area contributed by atoms with Crippen molar-refractivity contribution in [1.82, 2.24) is 9.38 Å². The SMILES string of the molecule is Clc1ccc2nc3c(n2c1)CCc1occc1-3. The number of aryl methyl sites for hydroxylation is 2. The number of aromatic nitrogens is 2. The van der Waals surface area contributed by atoms with Crippen LogP contribution in [0.15, 0.2) is 35.1 Å². The molecule has 3 aromatic rings. The summed E-state index contributed by atoms with van der Waals surface area (Å²) < 4.78 is 7.53. The average molecular weight is 245 g/mol. The van der Waals surface area contributed by atoms with Crippen molar-refractivity contribution in [3.63, 3.8) is 0 Å². The van der Waals surface area contributed by atoms with Crippen molar-refractivity contribution in [2.45, 2.75) is 12.8 Å². The maximum absolute atomic E-state index is 6.03. The molecule has 0 saturated heterocycles. The number of nitrogens with zero attached hydrogens (tertiary/aromatic N) is 2. The zero-order valence-electron chi connectivity index (χ0n) is 8.98. The molecule has 0 amide bonds. The van der Waals surface area contributed by atoms with E-state index in [1.54, 1.807) is 6.26 Å². The third-order valence-electron chi connectivity index (χ3n) is 3.27. The van der Waals surface area contributed by atoms with E-state index in [0.29, 0.717) is 0 Å². The van der Waals surface area contributed by atoms with Crippen molar-refractivity contribution in [3.05, 3.63) is 47.1 Å². The Balaban J connectivity index is 2.10. The predicted octanol–water partition coefficient (Wildman–Crippen LogP) is 3.35. The summed E-state index contributed by atoms with van der Waals surface area (Å²) in [4.78, 5) is 4.65. The van der Waals surface area contributed by atoms with Gasteiger partial charge in [0.25, 0.3) is 0 Å². The second-order valence-electron chi connectivity index (χ2n) is 4.24. The second-order valence-corrected chi connectivity index (χ2v) is 4.68. The lowest BCUT2D eigenvalue weighted by molar-refractivity contribution is 0.506. The van der Waals surface area contributed by atoms with Gasteiger partial charge < -0.3 is 8.82 Å². The lowest BCUT2D eigenvalue weighted by Crippen LogP contribution is -2.03. The highest BCUT2D eigenvalue weighted by molar-refractivity contribution is 6.30. The summed E-state index contributed by atoms with van der Waals surface area (Å²) in [5, 5.41) is 0.732. The van der Waals surface area contributed by atoms with Crippen molar-refractivity contribution in [3.8, 4) is 11.3 Å². The number of imidazole rings is 1. The molecule has 0 aliphatic heterocycles. The van der Waals surface area contributed by atoms with Crippen LogP contribution >= 0.6 is 11.6 Å². The third kappa shape index (κ3) is 1.20. The van der Waals surface area contributed by atoms with Crippen LogP contribution in [0.1, 0.15) is 11.5 Å². The van der Waals surface area contributed by atoms with Gasteiger partial charge >= 0.3 is 0 Å². The van der Waals surface area contributed by atoms with E-state index in [1.807, 2.05) is 24.4 Å². The van der Waals surface area contributed by atoms with Gasteiger partial charge in [0.2, 0.25) is 0 Å². The molecule has 0 aromatic carbocycles. The molecule has 3 nitrogen and oxygen atoms in total. The van der Waals surface area contributed by atoms with Crippen LogP contribution in [-0.4, -0.2) is 9.38 Å². The first kappa shape index (κ1) is 9.31. The third-order valence-corrected chi connectivity index (χ3v) is 3.49. The number of furan rings is 1. The first-order valence-electron chi connectivity index (χ1n) is 5.56. The summed E-state index contributed by atoms with van der Waals surface area (Å²) in [7, 11) is 0. The van der Waals surface area contributed by atoms with Crippen molar-refractivity contribution in [2.24, 2.45) is 0 Å². The molecule has 1 aliphatic rings. The summed E-state index contributed by atoms with van der Waals surface area (Å²) >= 11 is 6.03. The Morgan fingerprint density at radius 2 is 2.18 bits per heavy atom. The van der Waals surface area contributed by atoms with E-state index in [9.17, 15) is 0 Å². The molecule has 0 saturated carbocycles. The Labute approximate surface area is 103 Å². The van der Waals surface area contributed by atoms with Gasteiger partial charge in [0.05, 0.1) is 22.7 Å². The van der Waals surface area contributed by atoms with Crippen LogP contribution < -0.4 is 0 Å². The zero-order valence-corrected chi connectivity index (χ0v) is 9.74. The van der Waals surface area contributed by atoms with Gasteiger partial charge in [-0.2, -0.15) is 0 Å². The van der Waals surface area contributed by atoms with E-state index in [2.05, 4.69) is 9.38 Å². The minimum atomic E-state index is 0.732. The standard InChI is InChI=1S/C13H9ClN2O/c14-8-1-4-12-15-13-9-5-6-17-11(9)3-2-10(13)16(12)7-8/h1,4-7H,2-3H2. The van der Waals surface area contributed by atoms with Gasteiger partial charge in [-0.05, 0) is 24.6 Å². The molecule has 4 heteroatoms. The van der Waals surface area contributed by atoms with Crippen LogP contribution in [0.5, 0.6) is 0 Å². The summed E-state index contributed by atoms with van der Waals surface area (Å²) in [6, 6.07) is 5.80. The van der Waals surface area contributed by atoms with Gasteiger partial charge in [-0.1, -0.05) is 11.6 Å². The monoisotopic (exact) mass is 244 g/mol. The van der Waals surface area contributed by atoms with Gasteiger partial charge in [0.15, 0.2) is 0 Å². The lowest BCUT2D eigenvalue weighted by atomic mass is 9.99. The van der Waals surface area contributed by atoms with Gasteiger partial charge in [0.1, 0.15) is 11.4 Å². The number of hydrogen-bond acceptors (Lipinski definition) is 2. The molecule has 4 rings (SSSR count). The smallest absolute Gasteiger partial charge is 0.137 e. The molecule has 0 radical (unpaired) electrons. The van der Waals surface area contributed by atoms with Crippen LogP contribution in [0, 0.1) is 0 Å². The van der Waals surface area contributed by atoms with Gasteiger partial charge in [-0.15, -0.1) is 0 Å². The van der Waals surface area contributed by atoms with Crippen molar-refractivity contribution in [1.29, 1.82) is 0 Å². The quantitative estimate of drug-likeness (QED) is 0.607. The van der Waals surface area contributed by atoms with E-state index in [1.165, 1.54) is 5.69 Å². The first-order valence-corrected chi connectivity index (χ1v) is 5.94. The Bertz CT molecular complexity index is 726. The molecule has 0 bridgehead atoms. The fourth-order valence-electron chi connectivity index (χ4n) is 2.50. The molecule has 17 heavy (non-hydrogen) atoms. The largest absolute Gasteiger partial charge is 0.469 e. The highest BCUT2D eigenvalue weighted by atomic mass is 35.5. The summed E-state index contributed by atoms with van der Waals surface area (Å²) in [6.45, 7) is 0. The average Bonchev–Trinajstić information content (AvgIpc) is 2.91. The molecule has 3 heterocycles. The van der Waals surface area contributed by atoms with Crippen molar-refractivity contribution < 1.29 is 4.42 Å². The maximum Gasteiger partial charge on any atom is 0.137 e. The van der Waals surface area contributed by atoms with Crippen LogP contribution in [0.25, 0.3) is 16.9 Å². The van der Waals surface area contributed by atoms with E-state index in [4.69, 9.17) is 16.0 Å². The van der Waals surface area contributed by atoms with Crippen molar-refractivity contribution in [2.75, 3.05) is 0 Å². The van der Waals surface area contributed by atoms with Gasteiger partial charge in [-0.25, -0.2) is 4.98 Å². The first-order chi connectivity index (χ1) is 8.33. The fourth-order valence-corrected chi connectivity index (χ4v) is 2.66. The highest BCUT2D eigenvalue weighted by Gasteiger charge is 2.23. The molecule has 0 spiro atoms. The minimum absolute atomic E-state index is 0.732. The molecule has 1 aliphatic carbocycles. The zero-order chi connectivity index (χ0) is 11.4. The van der Waals surface area contributed by atoms with Crippen LogP contribution in [0.2, 0.25) is 5.02 Å². The lowest BCUT2D eigenvalue weighted by Gasteiger charge is -2.10. The van der Waals surface area contributed by atoms with E-state index >= 15 is 0 Å². The number of fused-ring (bicyclic) bond motifs is 5. The summed E-state index contributed by atoms with van der Waals surface area (Å²) in [6.07, 6.45) is 5.53. The molecule has 0 fully saturated rings. The Kier molecular flexibility index (Phi) is 1.72. The second kappa shape index (κ2) is 3.14. The fraction of sp³-hybridized carbons (Fsp3) is 0.154. The number of halogens is 1. The Hall–Kier alpha value is -1.74. The van der Waals surface area contributed by atoms with E-state index < -0.39 is 0 Å². The molecule has 3 aromatic heterocycles. The number of pyridine rings is 1. The number of rotatable bonds is 0.